The van der Waals surface area contributed by atoms with Gasteiger partial charge >= 0.3 is 0 Å². The number of hydrogen-bond donors (Lipinski definition) is 2. The summed E-state index contributed by atoms with van der Waals surface area (Å²) in [5, 5.41) is 7.06. The van der Waals surface area contributed by atoms with Gasteiger partial charge in [-0.2, -0.15) is 8.42 Å². The molecular weight excluding hydrogens is 196 g/mol. The van der Waals surface area contributed by atoms with E-state index < -0.39 is 21.2 Å². The molecular formula is C7H8O5S. The number of aliphatic hydroxyl groups excluding tert-OH is 1. The Morgan fingerprint density at radius 3 is 2.62 bits per heavy atom. The van der Waals surface area contributed by atoms with Crippen LogP contribution in [0.2, 0.25) is 0 Å². The molecule has 2 N–H and O–H groups in total. The van der Waals surface area contributed by atoms with Crippen LogP contribution >= 0.6 is 0 Å². The summed E-state index contributed by atoms with van der Waals surface area (Å²) in [4.78, 5) is 11.2. The molecule has 13 heavy (non-hydrogen) atoms. The molecule has 0 aromatic heterocycles. The van der Waals surface area contributed by atoms with Gasteiger partial charge in [0.15, 0.2) is 11.0 Å². The molecule has 0 saturated heterocycles. The van der Waals surface area contributed by atoms with Crippen LogP contribution in [0.4, 0.5) is 0 Å². The SMILES string of the molecule is O=C1/C(=C\O)C=CCC1S(=O)(=O)O. The third-order valence-corrected chi connectivity index (χ3v) is 2.85. The third-order valence-electron chi connectivity index (χ3n) is 1.72. The van der Waals surface area contributed by atoms with Gasteiger partial charge in [-0.05, 0) is 6.42 Å². The summed E-state index contributed by atoms with van der Waals surface area (Å²) in [6.45, 7) is 0. The smallest absolute Gasteiger partial charge is 0.275 e. The minimum atomic E-state index is -4.37. The van der Waals surface area contributed by atoms with E-state index in [1.54, 1.807) is 0 Å². The van der Waals surface area contributed by atoms with E-state index in [-0.39, 0.29) is 12.0 Å². The number of Topliss-reactive ketones (excluding diaryl/α,β-unsaturated/α-hetero) is 1. The van der Waals surface area contributed by atoms with Crippen molar-refractivity contribution in [1.29, 1.82) is 0 Å². The molecule has 72 valence electrons. The fraction of sp³-hybridized carbons (Fsp3) is 0.286. The zero-order valence-electron chi connectivity index (χ0n) is 6.54. The van der Waals surface area contributed by atoms with Gasteiger partial charge in [-0.25, -0.2) is 0 Å². The molecule has 6 heteroatoms. The molecule has 0 spiro atoms. The Morgan fingerprint density at radius 1 is 1.54 bits per heavy atom. The van der Waals surface area contributed by atoms with Gasteiger partial charge in [-0.3, -0.25) is 9.35 Å². The Bertz CT molecular complexity index is 376. The predicted molar refractivity (Wildman–Crippen MR) is 44.8 cm³/mol. The van der Waals surface area contributed by atoms with Crippen molar-refractivity contribution in [2.75, 3.05) is 0 Å². The van der Waals surface area contributed by atoms with E-state index in [4.69, 9.17) is 9.66 Å². The van der Waals surface area contributed by atoms with Crippen LogP contribution in [0.15, 0.2) is 24.0 Å². The highest BCUT2D eigenvalue weighted by atomic mass is 32.2. The van der Waals surface area contributed by atoms with E-state index in [1.165, 1.54) is 12.2 Å². The summed E-state index contributed by atoms with van der Waals surface area (Å²) in [6, 6.07) is 0. The molecule has 0 heterocycles. The van der Waals surface area contributed by atoms with E-state index in [9.17, 15) is 13.2 Å². The molecule has 1 unspecified atom stereocenters. The minimum absolute atomic E-state index is 0.0605. The molecule has 0 amide bonds. The summed E-state index contributed by atoms with van der Waals surface area (Å²) >= 11 is 0. The summed E-state index contributed by atoms with van der Waals surface area (Å²) in [5.74, 6) is -0.785. The van der Waals surface area contributed by atoms with Crippen molar-refractivity contribution in [3.05, 3.63) is 24.0 Å². The lowest BCUT2D eigenvalue weighted by atomic mass is 10.0. The fourth-order valence-corrected chi connectivity index (χ4v) is 1.82. The van der Waals surface area contributed by atoms with Crippen molar-refractivity contribution in [2.45, 2.75) is 11.7 Å². The molecule has 0 aromatic rings. The largest absolute Gasteiger partial charge is 0.515 e. The number of aliphatic hydroxyl groups is 1. The molecule has 0 saturated carbocycles. The van der Waals surface area contributed by atoms with Crippen LogP contribution in [-0.2, 0) is 14.9 Å². The Balaban J connectivity index is 3.09. The van der Waals surface area contributed by atoms with Crippen molar-refractivity contribution >= 4 is 15.9 Å². The van der Waals surface area contributed by atoms with Crippen molar-refractivity contribution in [1.82, 2.24) is 0 Å². The molecule has 1 aliphatic carbocycles. The maximum atomic E-state index is 11.2. The number of allylic oxidation sites excluding steroid dienone is 3. The van der Waals surface area contributed by atoms with Crippen LogP contribution in [0, 0.1) is 0 Å². The molecule has 1 atom stereocenters. The van der Waals surface area contributed by atoms with Crippen molar-refractivity contribution in [2.24, 2.45) is 0 Å². The topological polar surface area (TPSA) is 91.7 Å². The zero-order valence-corrected chi connectivity index (χ0v) is 7.36. The first-order chi connectivity index (χ1) is 5.96. The van der Waals surface area contributed by atoms with Gasteiger partial charge in [0.2, 0.25) is 0 Å². The number of hydrogen-bond acceptors (Lipinski definition) is 4. The van der Waals surface area contributed by atoms with Crippen LogP contribution in [0.5, 0.6) is 0 Å². The standard InChI is InChI=1S/C7H8O5S/c8-4-5-2-1-3-6(7(5)9)13(10,11)12/h1-2,4,6,8H,3H2,(H,10,11,12)/b5-4-. The van der Waals surface area contributed by atoms with Crippen LogP contribution in [0.3, 0.4) is 0 Å². The first-order valence-electron chi connectivity index (χ1n) is 3.48. The Morgan fingerprint density at radius 2 is 2.15 bits per heavy atom. The second-order valence-corrected chi connectivity index (χ2v) is 4.19. The summed E-state index contributed by atoms with van der Waals surface area (Å²) in [5.41, 5.74) is -0.117. The first kappa shape index (κ1) is 9.94. The van der Waals surface area contributed by atoms with Gasteiger partial charge in [0.1, 0.15) is 0 Å². The molecule has 0 aliphatic heterocycles. The molecule has 5 nitrogen and oxygen atoms in total. The van der Waals surface area contributed by atoms with Crippen molar-refractivity contribution < 1.29 is 22.9 Å². The van der Waals surface area contributed by atoms with E-state index in [1.807, 2.05) is 0 Å². The van der Waals surface area contributed by atoms with E-state index in [2.05, 4.69) is 0 Å². The highest BCUT2D eigenvalue weighted by Gasteiger charge is 2.33. The Hall–Kier alpha value is -1.14. The average Bonchev–Trinajstić information content (AvgIpc) is 2.02. The number of rotatable bonds is 1. The fourth-order valence-electron chi connectivity index (χ4n) is 1.06. The van der Waals surface area contributed by atoms with Gasteiger partial charge < -0.3 is 5.11 Å². The lowest BCUT2D eigenvalue weighted by molar-refractivity contribution is -0.115. The van der Waals surface area contributed by atoms with Gasteiger partial charge in [-0.1, -0.05) is 12.2 Å². The first-order valence-corrected chi connectivity index (χ1v) is 4.98. The van der Waals surface area contributed by atoms with E-state index >= 15 is 0 Å². The molecule has 0 aromatic carbocycles. The number of ketones is 1. The van der Waals surface area contributed by atoms with Gasteiger partial charge in [0, 0.05) is 0 Å². The number of carbonyl (C=O) groups is 1. The maximum absolute atomic E-state index is 11.2. The molecule has 0 fully saturated rings. The summed E-state index contributed by atoms with van der Waals surface area (Å²) in [7, 11) is -4.37. The lowest BCUT2D eigenvalue weighted by Gasteiger charge is -2.14. The number of carbonyl (C=O) groups excluding carboxylic acids is 1. The molecule has 1 aliphatic rings. The van der Waals surface area contributed by atoms with Gasteiger partial charge in [0.25, 0.3) is 10.1 Å². The monoisotopic (exact) mass is 204 g/mol. The van der Waals surface area contributed by atoms with E-state index in [0.29, 0.717) is 6.26 Å². The van der Waals surface area contributed by atoms with E-state index in [0.717, 1.165) is 0 Å². The summed E-state index contributed by atoms with van der Waals surface area (Å²) < 4.78 is 29.9. The van der Waals surface area contributed by atoms with Crippen LogP contribution in [0.1, 0.15) is 6.42 Å². The Kier molecular flexibility index (Phi) is 2.53. The highest BCUT2D eigenvalue weighted by Crippen LogP contribution is 2.18. The third kappa shape index (κ3) is 1.96. The molecule has 0 radical (unpaired) electrons. The van der Waals surface area contributed by atoms with Crippen LogP contribution in [-0.4, -0.2) is 29.1 Å². The second kappa shape index (κ2) is 3.31. The molecule has 1 rings (SSSR count). The zero-order chi connectivity index (χ0) is 10.1. The average molecular weight is 204 g/mol. The molecule has 0 bridgehead atoms. The van der Waals surface area contributed by atoms with Crippen LogP contribution < -0.4 is 0 Å². The minimum Gasteiger partial charge on any atom is -0.515 e. The Labute approximate surface area is 75.1 Å². The van der Waals surface area contributed by atoms with Gasteiger partial charge in [-0.15, -0.1) is 0 Å². The van der Waals surface area contributed by atoms with Crippen molar-refractivity contribution in [3.8, 4) is 0 Å². The predicted octanol–water partition coefficient (Wildman–Crippen LogP) is 0.214. The highest BCUT2D eigenvalue weighted by molar-refractivity contribution is 7.87. The summed E-state index contributed by atoms with van der Waals surface area (Å²) in [6.07, 6.45) is 3.18. The second-order valence-electron chi connectivity index (χ2n) is 2.59. The van der Waals surface area contributed by atoms with Gasteiger partial charge in [0.05, 0.1) is 11.8 Å². The quantitative estimate of drug-likeness (QED) is 0.362. The van der Waals surface area contributed by atoms with Crippen molar-refractivity contribution in [3.63, 3.8) is 0 Å². The lowest BCUT2D eigenvalue weighted by Crippen LogP contribution is -2.32. The normalized spacial score (nSPS) is 26.7. The van der Waals surface area contributed by atoms with Crippen LogP contribution in [0.25, 0.3) is 0 Å². The maximum Gasteiger partial charge on any atom is 0.275 e.